The van der Waals surface area contributed by atoms with Crippen molar-refractivity contribution in [1.29, 1.82) is 5.26 Å². The van der Waals surface area contributed by atoms with Crippen molar-refractivity contribution in [3.63, 3.8) is 0 Å². The van der Waals surface area contributed by atoms with Crippen molar-refractivity contribution in [2.75, 3.05) is 57.5 Å². The van der Waals surface area contributed by atoms with Crippen LogP contribution in [-0.4, -0.2) is 93.0 Å². The van der Waals surface area contributed by atoms with Crippen LogP contribution in [0, 0.1) is 28.4 Å². The minimum atomic E-state index is -0.757. The highest BCUT2D eigenvalue weighted by molar-refractivity contribution is 7.23. The lowest BCUT2D eigenvalue weighted by Crippen LogP contribution is -2.64. The summed E-state index contributed by atoms with van der Waals surface area (Å²) < 4.78 is 39.5. The third kappa shape index (κ3) is 5.12. The molecule has 2 aromatic carbocycles. The van der Waals surface area contributed by atoms with Crippen LogP contribution in [0.5, 0.6) is 6.01 Å². The molecule has 1 unspecified atom stereocenters. The van der Waals surface area contributed by atoms with Gasteiger partial charge in [-0.1, -0.05) is 17.7 Å². The molecular weight excluding hydrogens is 674 g/mol. The van der Waals surface area contributed by atoms with Crippen LogP contribution in [-0.2, 0) is 0 Å². The lowest BCUT2D eigenvalue weighted by atomic mass is 9.84. The molecule has 3 aromatic heterocycles. The van der Waals surface area contributed by atoms with E-state index in [1.165, 1.54) is 29.5 Å². The van der Waals surface area contributed by atoms with E-state index in [1.54, 1.807) is 11.0 Å². The second-order valence-corrected chi connectivity index (χ2v) is 14.9. The summed E-state index contributed by atoms with van der Waals surface area (Å²) in [6, 6.07) is 6.02. The van der Waals surface area contributed by atoms with Crippen LogP contribution < -0.4 is 15.4 Å². The van der Waals surface area contributed by atoms with E-state index in [-0.39, 0.29) is 59.8 Å². The summed E-state index contributed by atoms with van der Waals surface area (Å²) in [5, 5.41) is 14.6. The number of amides is 1. The number of rotatable bonds is 7. The predicted octanol–water partition coefficient (Wildman–Crippen LogP) is 5.53. The number of nitrogen functional groups attached to an aromatic ring is 1. The van der Waals surface area contributed by atoms with E-state index in [0.29, 0.717) is 43.9 Å². The van der Waals surface area contributed by atoms with Crippen molar-refractivity contribution in [1.82, 2.24) is 34.5 Å². The molecule has 3 fully saturated rings. The summed E-state index contributed by atoms with van der Waals surface area (Å²) >= 11 is 7.80. The second kappa shape index (κ2) is 11.5. The van der Waals surface area contributed by atoms with Gasteiger partial charge in [-0.25, -0.2) is 18.6 Å². The Morgan fingerprint density at radius 1 is 1.20 bits per heavy atom. The Balaban J connectivity index is 1.24. The highest BCUT2D eigenvalue weighted by Gasteiger charge is 2.52. The molecule has 12 nitrogen and oxygen atoms in total. The number of nitriles is 1. The van der Waals surface area contributed by atoms with Gasteiger partial charge in [-0.3, -0.25) is 0 Å². The van der Waals surface area contributed by atoms with E-state index >= 15 is 4.39 Å². The van der Waals surface area contributed by atoms with E-state index in [4.69, 9.17) is 27.1 Å². The average Bonchev–Trinajstić information content (AvgIpc) is 3.44. The normalized spacial score (nSPS) is 19.6. The Kier molecular flexibility index (Phi) is 7.40. The molecule has 1 aliphatic carbocycles. The van der Waals surface area contributed by atoms with Crippen LogP contribution in [0.1, 0.15) is 31.2 Å². The number of likely N-dealkylation sites (tertiary alicyclic amines) is 1. The molecule has 2 saturated heterocycles. The van der Waals surface area contributed by atoms with Crippen molar-refractivity contribution in [2.24, 2.45) is 5.41 Å². The van der Waals surface area contributed by atoms with Gasteiger partial charge in [0.25, 0.3) is 0 Å². The van der Waals surface area contributed by atoms with Crippen LogP contribution in [0.15, 0.2) is 30.9 Å². The number of nitrogens with two attached hydrogens (primary N) is 1. The molecule has 3 aliphatic rings. The van der Waals surface area contributed by atoms with Crippen molar-refractivity contribution >= 4 is 60.8 Å². The standard InChI is InChI=1S/C33H31ClF2N10O2S/c1-43(2)13-32(5-6-32)15-48-30-41-26-19(29(42-30)44-9-7-33(14-44)8-10-45(33)31(47)46-17-39-16-40-46)11-21(34)24(25(26)36)18-3-4-22(35)27-23(18)20(12-37)28(38)49-27/h3-4,11,16-17H,5-10,13-15,38H2,1-2H3. The predicted molar refractivity (Wildman–Crippen MR) is 182 cm³/mol. The second-order valence-electron chi connectivity index (χ2n) is 13.5. The number of halogens is 3. The van der Waals surface area contributed by atoms with E-state index in [2.05, 4.69) is 20.0 Å². The van der Waals surface area contributed by atoms with Crippen LogP contribution in [0.3, 0.4) is 0 Å². The maximum Gasteiger partial charge on any atom is 0.346 e. The number of hydrogen-bond donors (Lipinski definition) is 1. The fourth-order valence-electron chi connectivity index (χ4n) is 7.37. The lowest BCUT2D eigenvalue weighted by molar-refractivity contribution is 0.0400. The Labute approximate surface area is 288 Å². The van der Waals surface area contributed by atoms with Crippen molar-refractivity contribution in [2.45, 2.75) is 31.2 Å². The number of nitrogens with zero attached hydrogens (tertiary/aromatic N) is 9. The number of hydrogen-bond acceptors (Lipinski definition) is 11. The highest BCUT2D eigenvalue weighted by atomic mass is 35.5. The fraction of sp³-hybridized carbons (Fsp3) is 0.394. The third-order valence-electron chi connectivity index (χ3n) is 10.0. The minimum absolute atomic E-state index is 0.0200. The molecule has 1 amide bonds. The first-order valence-electron chi connectivity index (χ1n) is 15.8. The van der Waals surface area contributed by atoms with Gasteiger partial charge in [0.1, 0.15) is 40.9 Å². The zero-order chi connectivity index (χ0) is 34.2. The van der Waals surface area contributed by atoms with Gasteiger partial charge < -0.3 is 25.2 Å². The van der Waals surface area contributed by atoms with E-state index in [9.17, 15) is 14.4 Å². The van der Waals surface area contributed by atoms with Crippen molar-refractivity contribution in [3.8, 4) is 23.2 Å². The molecule has 252 valence electrons. The quantitative estimate of drug-likeness (QED) is 0.230. The topological polar surface area (TPSA) is 142 Å². The molecule has 0 bridgehead atoms. The zero-order valence-corrected chi connectivity index (χ0v) is 28.3. The van der Waals surface area contributed by atoms with Gasteiger partial charge in [0.15, 0.2) is 5.82 Å². The zero-order valence-electron chi connectivity index (χ0n) is 26.7. The molecule has 8 rings (SSSR count). The van der Waals surface area contributed by atoms with Gasteiger partial charge in [0.05, 0.1) is 27.4 Å². The smallest absolute Gasteiger partial charge is 0.346 e. The number of fused-ring (bicyclic) bond motifs is 2. The first-order valence-corrected chi connectivity index (χ1v) is 17.0. The SMILES string of the molecule is CN(C)CC1(COc2nc(N3CCC4(CCN4C(=O)n4cncn4)C3)c3cc(Cl)c(-c4ccc(F)c5sc(N)c(C#N)c45)c(F)c3n2)CC1. The first-order chi connectivity index (χ1) is 23.5. The summed E-state index contributed by atoms with van der Waals surface area (Å²) in [5.41, 5.74) is 5.81. The van der Waals surface area contributed by atoms with Crippen LogP contribution in [0.4, 0.5) is 24.4 Å². The molecule has 49 heavy (non-hydrogen) atoms. The largest absolute Gasteiger partial charge is 0.463 e. The van der Waals surface area contributed by atoms with Crippen molar-refractivity contribution < 1.29 is 18.3 Å². The average molecular weight is 705 g/mol. The minimum Gasteiger partial charge on any atom is -0.463 e. The maximum atomic E-state index is 17.0. The van der Waals surface area contributed by atoms with Crippen LogP contribution in [0.2, 0.25) is 5.02 Å². The molecule has 0 radical (unpaired) electrons. The molecule has 1 atom stereocenters. The van der Waals surface area contributed by atoms with E-state index < -0.39 is 17.2 Å². The number of thiophene rings is 1. The molecule has 2 aliphatic heterocycles. The summed E-state index contributed by atoms with van der Waals surface area (Å²) in [7, 11) is 4.02. The van der Waals surface area contributed by atoms with Crippen LogP contribution in [0.25, 0.3) is 32.1 Å². The lowest BCUT2D eigenvalue weighted by Gasteiger charge is -2.50. The number of benzene rings is 2. The summed E-state index contributed by atoms with van der Waals surface area (Å²) in [6.07, 6.45) is 6.15. The van der Waals surface area contributed by atoms with Crippen LogP contribution >= 0.6 is 22.9 Å². The summed E-state index contributed by atoms with van der Waals surface area (Å²) in [6.45, 7) is 2.75. The number of carbonyl (C=O) groups is 1. The summed E-state index contributed by atoms with van der Waals surface area (Å²) in [4.78, 5) is 32.5. The van der Waals surface area contributed by atoms with Crippen molar-refractivity contribution in [3.05, 3.63) is 53.1 Å². The highest BCUT2D eigenvalue weighted by Crippen LogP contribution is 2.48. The third-order valence-corrected chi connectivity index (χ3v) is 11.3. The molecule has 2 N–H and O–H groups in total. The van der Waals surface area contributed by atoms with Gasteiger partial charge in [-0.15, -0.1) is 11.3 Å². The number of carbonyl (C=O) groups excluding carboxylic acids is 1. The van der Waals surface area contributed by atoms with Gasteiger partial charge in [0, 0.05) is 47.9 Å². The molecule has 1 saturated carbocycles. The molecule has 16 heteroatoms. The monoisotopic (exact) mass is 704 g/mol. The Bertz CT molecular complexity index is 2200. The molecule has 1 spiro atoms. The Morgan fingerprint density at radius 3 is 2.67 bits per heavy atom. The fourth-order valence-corrected chi connectivity index (χ4v) is 8.61. The van der Waals surface area contributed by atoms with E-state index in [0.717, 1.165) is 37.1 Å². The van der Waals surface area contributed by atoms with Gasteiger partial charge in [-0.2, -0.15) is 25.0 Å². The van der Waals surface area contributed by atoms with E-state index in [1.807, 2.05) is 25.1 Å². The first kappa shape index (κ1) is 31.6. The Morgan fingerprint density at radius 2 is 2.00 bits per heavy atom. The number of anilines is 2. The number of ether oxygens (including phenoxy) is 1. The number of aromatic nitrogens is 5. The molecular formula is C33H31ClF2N10O2S. The molecule has 5 aromatic rings. The maximum absolute atomic E-state index is 17.0. The van der Waals surface area contributed by atoms with Gasteiger partial charge in [-0.05, 0) is 57.5 Å². The Hall–Kier alpha value is -4.65. The molecule has 5 heterocycles. The summed E-state index contributed by atoms with van der Waals surface area (Å²) in [5.74, 6) is -0.896. The van der Waals surface area contributed by atoms with Gasteiger partial charge in [0.2, 0.25) is 0 Å². The van der Waals surface area contributed by atoms with Gasteiger partial charge >= 0.3 is 12.0 Å².